The molecular formula is C23H23FN6O2. The lowest BCUT2D eigenvalue weighted by atomic mass is 10.00. The van der Waals surface area contributed by atoms with Crippen LogP contribution in [0.4, 0.5) is 4.39 Å². The van der Waals surface area contributed by atoms with Crippen molar-refractivity contribution in [3.8, 4) is 11.8 Å². The summed E-state index contributed by atoms with van der Waals surface area (Å²) in [6, 6.07) is 11.1. The molecule has 3 aromatic rings. The number of fused-ring (bicyclic) bond motifs is 1. The third kappa shape index (κ3) is 4.39. The van der Waals surface area contributed by atoms with Crippen molar-refractivity contribution in [1.82, 2.24) is 10.3 Å². The fourth-order valence-electron chi connectivity index (χ4n) is 3.37. The number of benzene rings is 2. The van der Waals surface area contributed by atoms with Gasteiger partial charge in [0.25, 0.3) is 5.91 Å². The van der Waals surface area contributed by atoms with E-state index in [1.165, 1.54) is 19.2 Å². The molecule has 0 aliphatic heterocycles. The number of hydrogen-bond acceptors (Lipinski definition) is 5. The van der Waals surface area contributed by atoms with E-state index in [2.05, 4.69) is 15.3 Å². The minimum Gasteiger partial charge on any atom is -0.496 e. The van der Waals surface area contributed by atoms with Crippen molar-refractivity contribution in [2.75, 3.05) is 13.7 Å². The lowest BCUT2D eigenvalue weighted by Gasteiger charge is -2.12. The molecule has 0 fully saturated rings. The van der Waals surface area contributed by atoms with Gasteiger partial charge in [0, 0.05) is 30.2 Å². The second-order valence-electron chi connectivity index (χ2n) is 6.83. The van der Waals surface area contributed by atoms with E-state index in [-0.39, 0.29) is 35.0 Å². The molecule has 164 valence electrons. The number of methoxy groups -OCH3 is 1. The number of nitrogens with zero attached hydrogens (tertiary/aromatic N) is 2. The first-order valence-electron chi connectivity index (χ1n) is 9.82. The van der Waals surface area contributed by atoms with Crippen LogP contribution >= 0.6 is 0 Å². The Hall–Kier alpha value is -4.32. The third-order valence-electron chi connectivity index (χ3n) is 4.91. The topological polar surface area (TPSA) is 142 Å². The number of aromatic amines is 1. The molecule has 1 amide bonds. The maximum absolute atomic E-state index is 13.6. The second kappa shape index (κ2) is 9.66. The van der Waals surface area contributed by atoms with Crippen LogP contribution in [0.5, 0.6) is 5.75 Å². The molecule has 0 aliphatic rings. The van der Waals surface area contributed by atoms with Gasteiger partial charge in [-0.1, -0.05) is 12.1 Å². The van der Waals surface area contributed by atoms with Crippen LogP contribution in [0, 0.1) is 17.1 Å². The Bertz CT molecular complexity index is 1270. The van der Waals surface area contributed by atoms with Crippen molar-refractivity contribution in [2.24, 2.45) is 16.5 Å². The van der Waals surface area contributed by atoms with E-state index in [0.29, 0.717) is 12.1 Å². The number of halogens is 1. The minimum atomic E-state index is -0.534. The maximum Gasteiger partial charge on any atom is 0.255 e. The van der Waals surface area contributed by atoms with E-state index in [0.717, 1.165) is 22.5 Å². The number of aromatic nitrogens is 1. The second-order valence-corrected chi connectivity index (χ2v) is 6.83. The SMILES string of the molecule is CCN=C(N)/C(C#N)=C(\N)c1ccc(CNC(=O)c2cc(F)ccc2OC)c2[nH]ccc12. The van der Waals surface area contributed by atoms with Gasteiger partial charge in [-0.15, -0.1) is 0 Å². The number of rotatable bonds is 7. The minimum absolute atomic E-state index is 0.0802. The molecule has 0 bridgehead atoms. The number of nitrogens with two attached hydrogens (primary N) is 2. The summed E-state index contributed by atoms with van der Waals surface area (Å²) in [6.07, 6.45) is 1.73. The molecule has 32 heavy (non-hydrogen) atoms. The quantitative estimate of drug-likeness (QED) is 0.257. The number of H-pyrrole nitrogens is 1. The number of carbonyl (C=O) groups is 1. The molecular weight excluding hydrogens is 411 g/mol. The highest BCUT2D eigenvalue weighted by molar-refractivity contribution is 6.09. The van der Waals surface area contributed by atoms with Gasteiger partial charge in [0.1, 0.15) is 29.0 Å². The molecule has 0 atom stereocenters. The van der Waals surface area contributed by atoms with Gasteiger partial charge in [-0.25, -0.2) is 4.39 Å². The number of amidine groups is 1. The maximum atomic E-state index is 13.6. The van der Waals surface area contributed by atoms with Crippen molar-refractivity contribution in [3.05, 3.63) is 70.7 Å². The van der Waals surface area contributed by atoms with Crippen molar-refractivity contribution in [2.45, 2.75) is 13.5 Å². The number of nitrogens with one attached hydrogen (secondary N) is 2. The van der Waals surface area contributed by atoms with Gasteiger partial charge in [-0.2, -0.15) is 5.26 Å². The summed E-state index contributed by atoms with van der Waals surface area (Å²) in [5, 5.41) is 13.0. The summed E-state index contributed by atoms with van der Waals surface area (Å²) < 4.78 is 18.7. The van der Waals surface area contributed by atoms with E-state index in [1.807, 2.05) is 19.1 Å². The molecule has 3 rings (SSSR count). The number of hydrogen-bond donors (Lipinski definition) is 4. The summed E-state index contributed by atoms with van der Waals surface area (Å²) in [6.45, 7) is 2.41. The molecule has 0 radical (unpaired) electrons. The smallest absolute Gasteiger partial charge is 0.255 e. The van der Waals surface area contributed by atoms with Crippen molar-refractivity contribution >= 4 is 28.3 Å². The van der Waals surface area contributed by atoms with E-state index < -0.39 is 11.7 Å². The number of amides is 1. The van der Waals surface area contributed by atoms with E-state index >= 15 is 0 Å². The van der Waals surface area contributed by atoms with E-state index in [4.69, 9.17) is 16.2 Å². The van der Waals surface area contributed by atoms with Gasteiger partial charge < -0.3 is 26.5 Å². The van der Waals surface area contributed by atoms with Gasteiger partial charge in [-0.05, 0) is 36.8 Å². The largest absolute Gasteiger partial charge is 0.496 e. The Morgan fingerprint density at radius 2 is 2.03 bits per heavy atom. The number of nitriles is 1. The standard InChI is InChI=1S/C23H23FN6O2/c1-3-28-22(27)18(11-25)20(26)15-6-4-13(21-16(15)8-9-29-21)12-30-23(31)17-10-14(24)5-7-19(17)32-2/h4-10,29H,3,12,26H2,1-2H3,(H2,27,28)(H,30,31)/b20-18-. The van der Waals surface area contributed by atoms with Crippen LogP contribution < -0.4 is 21.5 Å². The summed E-state index contributed by atoms with van der Waals surface area (Å²) in [5.74, 6) is -0.650. The first-order valence-corrected chi connectivity index (χ1v) is 9.82. The van der Waals surface area contributed by atoms with Gasteiger partial charge >= 0.3 is 0 Å². The molecule has 8 nitrogen and oxygen atoms in total. The van der Waals surface area contributed by atoms with Crippen LogP contribution in [0.25, 0.3) is 16.6 Å². The first kappa shape index (κ1) is 22.4. The highest BCUT2D eigenvalue weighted by Crippen LogP contribution is 2.27. The van der Waals surface area contributed by atoms with Gasteiger partial charge in [0.2, 0.25) is 0 Å². The number of carbonyl (C=O) groups excluding carboxylic acids is 1. The molecule has 1 aromatic heterocycles. The number of ether oxygens (including phenoxy) is 1. The monoisotopic (exact) mass is 434 g/mol. The Morgan fingerprint density at radius 3 is 2.72 bits per heavy atom. The van der Waals surface area contributed by atoms with Crippen LogP contribution in [-0.2, 0) is 6.54 Å². The lowest BCUT2D eigenvalue weighted by molar-refractivity contribution is 0.0947. The zero-order chi connectivity index (χ0) is 23.3. The van der Waals surface area contributed by atoms with Crippen molar-refractivity contribution < 1.29 is 13.9 Å². The summed E-state index contributed by atoms with van der Waals surface area (Å²) >= 11 is 0. The summed E-state index contributed by atoms with van der Waals surface area (Å²) in [4.78, 5) is 19.8. The normalized spacial score (nSPS) is 12.2. The van der Waals surface area contributed by atoms with Gasteiger partial charge in [-0.3, -0.25) is 9.79 Å². The van der Waals surface area contributed by atoms with Crippen molar-refractivity contribution in [3.63, 3.8) is 0 Å². The average Bonchev–Trinajstić information content (AvgIpc) is 3.28. The third-order valence-corrected chi connectivity index (χ3v) is 4.91. The molecule has 9 heteroatoms. The van der Waals surface area contributed by atoms with Crippen LogP contribution in [-0.4, -0.2) is 30.4 Å². The van der Waals surface area contributed by atoms with E-state index in [9.17, 15) is 14.4 Å². The zero-order valence-electron chi connectivity index (χ0n) is 17.7. The Kier molecular flexibility index (Phi) is 6.75. The molecule has 0 aliphatic carbocycles. The molecule has 1 heterocycles. The molecule has 0 saturated carbocycles. The van der Waals surface area contributed by atoms with E-state index in [1.54, 1.807) is 18.3 Å². The zero-order valence-corrected chi connectivity index (χ0v) is 17.7. The first-order chi connectivity index (χ1) is 15.4. The molecule has 0 unspecified atom stereocenters. The van der Waals surface area contributed by atoms with Gasteiger partial charge in [0.15, 0.2) is 0 Å². The predicted molar refractivity (Wildman–Crippen MR) is 121 cm³/mol. The highest BCUT2D eigenvalue weighted by Gasteiger charge is 2.17. The Morgan fingerprint density at radius 1 is 1.25 bits per heavy atom. The van der Waals surface area contributed by atoms with Crippen LogP contribution in [0.15, 0.2) is 53.2 Å². The average molecular weight is 434 g/mol. The Balaban J connectivity index is 1.93. The molecule has 0 spiro atoms. The Labute approximate surface area is 184 Å². The van der Waals surface area contributed by atoms with Crippen LogP contribution in [0.3, 0.4) is 0 Å². The predicted octanol–water partition coefficient (Wildman–Crippen LogP) is 2.82. The lowest BCUT2D eigenvalue weighted by Crippen LogP contribution is -2.23. The van der Waals surface area contributed by atoms with Gasteiger partial charge in [0.05, 0.1) is 23.9 Å². The van der Waals surface area contributed by atoms with Crippen LogP contribution in [0.2, 0.25) is 0 Å². The highest BCUT2D eigenvalue weighted by atomic mass is 19.1. The van der Waals surface area contributed by atoms with Crippen LogP contribution in [0.1, 0.15) is 28.4 Å². The fraction of sp³-hybridized carbons (Fsp3) is 0.174. The summed E-state index contributed by atoms with van der Waals surface area (Å²) in [7, 11) is 1.41. The number of aliphatic imine (C=N–C) groups is 1. The molecule has 6 N–H and O–H groups in total. The molecule has 2 aromatic carbocycles. The fourth-order valence-corrected chi connectivity index (χ4v) is 3.37. The molecule has 0 saturated heterocycles. The summed E-state index contributed by atoms with van der Waals surface area (Å²) in [5.41, 5.74) is 14.7. The van der Waals surface area contributed by atoms with Crippen molar-refractivity contribution in [1.29, 1.82) is 5.26 Å².